The zero-order valence-corrected chi connectivity index (χ0v) is 8.50. The monoisotopic (exact) mass is 234 g/mol. The second-order valence-electron chi connectivity index (χ2n) is 3.07. The normalized spacial score (nSPS) is 9.94. The van der Waals surface area contributed by atoms with Gasteiger partial charge >= 0.3 is 6.01 Å². The zero-order valence-electron chi connectivity index (χ0n) is 8.50. The van der Waals surface area contributed by atoms with Crippen LogP contribution in [0.5, 0.6) is 17.5 Å². The molecule has 1 aromatic heterocycles. The van der Waals surface area contributed by atoms with Crippen LogP contribution in [0, 0.1) is 5.82 Å². The third-order valence-corrected chi connectivity index (χ3v) is 1.98. The van der Waals surface area contributed by atoms with E-state index in [9.17, 15) is 14.3 Å². The third-order valence-electron chi connectivity index (χ3n) is 1.98. The highest BCUT2D eigenvalue weighted by Gasteiger charge is 2.14. The Labute approximate surface area is 95.5 Å². The summed E-state index contributed by atoms with van der Waals surface area (Å²) >= 11 is 0. The number of carbonyl (C=O) groups excluding carboxylic acids is 1. The van der Waals surface area contributed by atoms with Crippen molar-refractivity contribution in [3.8, 4) is 17.5 Å². The molecule has 0 atom stereocenters. The van der Waals surface area contributed by atoms with Gasteiger partial charge in [-0.15, -0.1) is 0 Å². The molecule has 0 aliphatic heterocycles. The SMILES string of the molecule is O=Cc1ccc(Oc2ncccn2)c(F)c1O. The highest BCUT2D eigenvalue weighted by atomic mass is 19.1. The van der Waals surface area contributed by atoms with E-state index in [0.717, 1.165) is 0 Å². The van der Waals surface area contributed by atoms with Gasteiger partial charge in [0, 0.05) is 12.4 Å². The highest BCUT2D eigenvalue weighted by Crippen LogP contribution is 2.30. The van der Waals surface area contributed by atoms with E-state index in [1.54, 1.807) is 6.07 Å². The average Bonchev–Trinajstić information content (AvgIpc) is 2.37. The number of phenols is 1. The van der Waals surface area contributed by atoms with E-state index in [0.29, 0.717) is 6.29 Å². The molecule has 2 aromatic rings. The first-order valence-corrected chi connectivity index (χ1v) is 4.64. The summed E-state index contributed by atoms with van der Waals surface area (Å²) in [6.07, 6.45) is 3.21. The van der Waals surface area contributed by atoms with Crippen LogP contribution in [0.25, 0.3) is 0 Å². The lowest BCUT2D eigenvalue weighted by molar-refractivity contribution is 0.112. The molecular weight excluding hydrogens is 227 g/mol. The molecule has 0 aliphatic rings. The smallest absolute Gasteiger partial charge is 0.321 e. The summed E-state index contributed by atoms with van der Waals surface area (Å²) in [7, 11) is 0. The van der Waals surface area contributed by atoms with Crippen molar-refractivity contribution >= 4 is 6.29 Å². The number of nitrogens with zero attached hydrogens (tertiary/aromatic N) is 2. The molecule has 17 heavy (non-hydrogen) atoms. The summed E-state index contributed by atoms with van der Waals surface area (Å²) in [6, 6.07) is 3.99. The van der Waals surface area contributed by atoms with Gasteiger partial charge in [0.1, 0.15) is 0 Å². The fraction of sp³-hybridized carbons (Fsp3) is 0. The molecule has 0 saturated heterocycles. The first-order chi connectivity index (χ1) is 8.22. The van der Waals surface area contributed by atoms with Crippen LogP contribution in [0.15, 0.2) is 30.6 Å². The maximum atomic E-state index is 13.5. The van der Waals surface area contributed by atoms with Crippen LogP contribution in [0.4, 0.5) is 4.39 Å². The van der Waals surface area contributed by atoms with Gasteiger partial charge in [-0.25, -0.2) is 9.97 Å². The maximum absolute atomic E-state index is 13.5. The molecule has 1 N–H and O–H groups in total. The number of hydrogen-bond donors (Lipinski definition) is 1. The Kier molecular flexibility index (Phi) is 2.95. The van der Waals surface area contributed by atoms with Crippen LogP contribution < -0.4 is 4.74 Å². The number of aromatic nitrogens is 2. The van der Waals surface area contributed by atoms with Gasteiger partial charge < -0.3 is 9.84 Å². The van der Waals surface area contributed by atoms with Crippen molar-refractivity contribution in [1.82, 2.24) is 9.97 Å². The van der Waals surface area contributed by atoms with Crippen LogP contribution in [0.1, 0.15) is 10.4 Å². The number of hydrogen-bond acceptors (Lipinski definition) is 5. The van der Waals surface area contributed by atoms with Crippen LogP contribution in [-0.4, -0.2) is 21.4 Å². The molecule has 0 saturated carbocycles. The quantitative estimate of drug-likeness (QED) is 0.821. The van der Waals surface area contributed by atoms with E-state index < -0.39 is 11.6 Å². The molecule has 5 nitrogen and oxygen atoms in total. The topological polar surface area (TPSA) is 72.3 Å². The number of carbonyl (C=O) groups is 1. The van der Waals surface area contributed by atoms with Crippen molar-refractivity contribution in [2.75, 3.05) is 0 Å². The summed E-state index contributed by atoms with van der Waals surface area (Å²) < 4.78 is 18.6. The fourth-order valence-corrected chi connectivity index (χ4v) is 1.17. The molecule has 2 rings (SSSR count). The van der Waals surface area contributed by atoms with Gasteiger partial charge in [0.05, 0.1) is 5.56 Å². The third kappa shape index (κ3) is 2.20. The van der Waals surface area contributed by atoms with E-state index in [4.69, 9.17) is 4.74 Å². The van der Waals surface area contributed by atoms with E-state index in [1.807, 2.05) is 0 Å². The number of aromatic hydroxyl groups is 1. The van der Waals surface area contributed by atoms with Crippen molar-refractivity contribution in [2.24, 2.45) is 0 Å². The Morgan fingerprint density at radius 2 is 2.00 bits per heavy atom. The van der Waals surface area contributed by atoms with E-state index >= 15 is 0 Å². The molecule has 0 fully saturated rings. The largest absolute Gasteiger partial charge is 0.504 e. The number of aldehydes is 1. The van der Waals surface area contributed by atoms with Crippen LogP contribution in [0.3, 0.4) is 0 Å². The number of halogens is 1. The molecule has 1 aromatic carbocycles. The van der Waals surface area contributed by atoms with Gasteiger partial charge in [-0.2, -0.15) is 4.39 Å². The Morgan fingerprint density at radius 1 is 1.29 bits per heavy atom. The van der Waals surface area contributed by atoms with Gasteiger partial charge in [-0.1, -0.05) is 0 Å². The number of ether oxygens (including phenoxy) is 1. The van der Waals surface area contributed by atoms with Gasteiger partial charge in [-0.3, -0.25) is 4.79 Å². The average molecular weight is 234 g/mol. The Bertz CT molecular complexity index is 546. The predicted octanol–water partition coefficient (Wildman–Crippen LogP) is 1.93. The molecular formula is C11H7FN2O3. The number of rotatable bonds is 3. The van der Waals surface area contributed by atoms with Crippen LogP contribution in [0.2, 0.25) is 0 Å². The van der Waals surface area contributed by atoms with Crippen molar-refractivity contribution < 1.29 is 19.0 Å². The fourth-order valence-electron chi connectivity index (χ4n) is 1.17. The van der Waals surface area contributed by atoms with E-state index in [1.165, 1.54) is 24.5 Å². The lowest BCUT2D eigenvalue weighted by Crippen LogP contribution is -1.95. The molecule has 0 spiro atoms. The summed E-state index contributed by atoms with van der Waals surface area (Å²) in [5, 5.41) is 9.33. The predicted molar refractivity (Wildman–Crippen MR) is 55.6 cm³/mol. The molecule has 1 heterocycles. The molecule has 0 radical (unpaired) electrons. The molecule has 0 amide bonds. The molecule has 0 unspecified atom stereocenters. The molecule has 0 aliphatic carbocycles. The maximum Gasteiger partial charge on any atom is 0.321 e. The second kappa shape index (κ2) is 4.56. The van der Waals surface area contributed by atoms with Crippen LogP contribution >= 0.6 is 0 Å². The minimum atomic E-state index is -1.03. The van der Waals surface area contributed by atoms with Gasteiger partial charge in [0.15, 0.2) is 17.8 Å². The molecule has 0 bridgehead atoms. The van der Waals surface area contributed by atoms with Crippen molar-refractivity contribution in [3.05, 3.63) is 42.0 Å². The van der Waals surface area contributed by atoms with E-state index in [-0.39, 0.29) is 17.3 Å². The summed E-state index contributed by atoms with van der Waals surface area (Å²) in [5.74, 6) is -2.03. The van der Waals surface area contributed by atoms with Gasteiger partial charge in [-0.05, 0) is 18.2 Å². The number of benzene rings is 1. The van der Waals surface area contributed by atoms with Crippen molar-refractivity contribution in [2.45, 2.75) is 0 Å². The first kappa shape index (κ1) is 11.0. The summed E-state index contributed by atoms with van der Waals surface area (Å²) in [4.78, 5) is 17.9. The number of phenolic OH excluding ortho intramolecular Hbond substituents is 1. The Hall–Kier alpha value is -2.50. The molecule has 6 heteroatoms. The van der Waals surface area contributed by atoms with Gasteiger partial charge in [0.25, 0.3) is 0 Å². The minimum Gasteiger partial charge on any atom is -0.504 e. The standard InChI is InChI=1S/C11H7FN2O3/c12-9-8(3-2-7(6-15)10(9)16)17-11-13-4-1-5-14-11/h1-6,16H. The highest BCUT2D eigenvalue weighted by molar-refractivity contribution is 5.79. The molecule has 86 valence electrons. The second-order valence-corrected chi connectivity index (χ2v) is 3.07. The van der Waals surface area contributed by atoms with Crippen LogP contribution in [-0.2, 0) is 0 Å². The first-order valence-electron chi connectivity index (χ1n) is 4.64. The summed E-state index contributed by atoms with van der Waals surface area (Å²) in [6.45, 7) is 0. The van der Waals surface area contributed by atoms with Crippen molar-refractivity contribution in [1.29, 1.82) is 0 Å². The Balaban J connectivity index is 2.35. The lowest BCUT2D eigenvalue weighted by atomic mass is 10.2. The Morgan fingerprint density at radius 3 is 2.65 bits per heavy atom. The van der Waals surface area contributed by atoms with E-state index in [2.05, 4.69) is 9.97 Å². The zero-order chi connectivity index (χ0) is 12.3. The lowest BCUT2D eigenvalue weighted by Gasteiger charge is -2.06. The summed E-state index contributed by atoms with van der Waals surface area (Å²) in [5.41, 5.74) is -0.149. The van der Waals surface area contributed by atoms with Gasteiger partial charge in [0.2, 0.25) is 5.82 Å². The minimum absolute atomic E-state index is 0.0512. The van der Waals surface area contributed by atoms with Crippen molar-refractivity contribution in [3.63, 3.8) is 0 Å².